The van der Waals surface area contributed by atoms with E-state index in [4.69, 9.17) is 14.0 Å². The first-order valence-corrected chi connectivity index (χ1v) is 13.4. The lowest BCUT2D eigenvalue weighted by Gasteiger charge is -2.45. The van der Waals surface area contributed by atoms with Gasteiger partial charge in [-0.15, -0.1) is 6.58 Å². The molecule has 1 aliphatic heterocycles. The van der Waals surface area contributed by atoms with Crippen LogP contribution in [0.3, 0.4) is 0 Å². The van der Waals surface area contributed by atoms with Crippen molar-refractivity contribution in [2.45, 2.75) is 78.3 Å². The Bertz CT molecular complexity index is 739. The Morgan fingerprint density at radius 1 is 1.14 bits per heavy atom. The van der Waals surface area contributed by atoms with Crippen LogP contribution in [0.2, 0.25) is 18.6 Å². The Morgan fingerprint density at radius 3 is 2.07 bits per heavy atom. The number of esters is 1. The van der Waals surface area contributed by atoms with Crippen LogP contribution in [0.5, 0.6) is 0 Å². The predicted octanol–water partition coefficient (Wildman–Crippen LogP) is 4.75. The molecule has 0 aliphatic carbocycles. The van der Waals surface area contributed by atoms with Gasteiger partial charge in [0.05, 0.1) is 25.9 Å². The molecule has 2 rings (SSSR count). The molecule has 1 saturated heterocycles. The molecule has 4 nitrogen and oxygen atoms in total. The number of allylic oxidation sites excluding steroid dienone is 1. The Morgan fingerprint density at radius 2 is 1.62 bits per heavy atom. The summed E-state index contributed by atoms with van der Waals surface area (Å²) >= 11 is 0. The topological polar surface area (TPSA) is 44.8 Å². The molecule has 0 amide bonds. The minimum atomic E-state index is -2.09. The van der Waals surface area contributed by atoms with Gasteiger partial charge < -0.3 is 14.0 Å². The molecule has 1 aliphatic rings. The van der Waals surface area contributed by atoms with Crippen LogP contribution in [0, 0.1) is 5.41 Å². The molecule has 0 spiro atoms. The Hall–Kier alpha value is -1.37. The van der Waals surface area contributed by atoms with Gasteiger partial charge in [-0.05, 0) is 38.7 Å². The number of hydrogen-bond donors (Lipinski definition) is 0. The zero-order chi connectivity index (χ0) is 22.3. The van der Waals surface area contributed by atoms with E-state index in [9.17, 15) is 4.79 Å². The van der Waals surface area contributed by atoms with Crippen LogP contribution >= 0.6 is 0 Å². The highest BCUT2D eigenvalue weighted by Crippen LogP contribution is 2.49. The summed E-state index contributed by atoms with van der Waals surface area (Å²) in [5, 5.41) is 1.33. The summed E-state index contributed by atoms with van der Waals surface area (Å²) in [5.74, 6) is -0.266. The molecule has 0 aromatic heterocycles. The summed E-state index contributed by atoms with van der Waals surface area (Å²) in [6.07, 6.45) is 0. The van der Waals surface area contributed by atoms with E-state index >= 15 is 0 Å². The van der Waals surface area contributed by atoms with Gasteiger partial charge in [0, 0.05) is 12.3 Å². The summed E-state index contributed by atoms with van der Waals surface area (Å²) in [6, 6.07) is 10.6. The summed E-state index contributed by atoms with van der Waals surface area (Å²) in [7, 11) is -2.58. The van der Waals surface area contributed by atoms with Gasteiger partial charge in [-0.2, -0.15) is 0 Å². The van der Waals surface area contributed by atoms with Crippen molar-refractivity contribution in [3.05, 3.63) is 42.4 Å². The second-order valence-electron chi connectivity index (χ2n) is 10.5. The van der Waals surface area contributed by atoms with Gasteiger partial charge in [0.2, 0.25) is 0 Å². The largest absolute Gasteiger partial charge is 0.489 e. The van der Waals surface area contributed by atoms with Crippen molar-refractivity contribution in [3.63, 3.8) is 0 Å². The molecule has 0 bridgehead atoms. The smallest absolute Gasteiger partial charge is 0.465 e. The fraction of sp³-hybridized carbons (Fsp3) is 0.609. The van der Waals surface area contributed by atoms with E-state index < -0.39 is 26.4 Å². The molecule has 160 valence electrons. The first-order chi connectivity index (χ1) is 13.1. The SMILES string of the molecule is C=C(B1OC(C)(C)C(C)(C)O1)[C@H](C(C)(C)COC(C)=O)[Si](C)(C)c1ccccc1. The summed E-state index contributed by atoms with van der Waals surface area (Å²) in [6.45, 7) is 23.5. The lowest BCUT2D eigenvalue weighted by Crippen LogP contribution is -2.54. The minimum absolute atomic E-state index is 0.0754. The predicted molar refractivity (Wildman–Crippen MR) is 123 cm³/mol. The first kappa shape index (κ1) is 23.9. The van der Waals surface area contributed by atoms with Crippen molar-refractivity contribution in [1.29, 1.82) is 0 Å². The van der Waals surface area contributed by atoms with E-state index in [0.717, 1.165) is 5.47 Å². The van der Waals surface area contributed by atoms with Gasteiger partial charge in [-0.25, -0.2) is 0 Å². The molecule has 6 heteroatoms. The number of ether oxygens (including phenoxy) is 1. The monoisotopic (exact) mass is 416 g/mol. The quantitative estimate of drug-likeness (QED) is 0.475. The van der Waals surface area contributed by atoms with E-state index in [0.29, 0.717) is 6.61 Å². The van der Waals surface area contributed by atoms with E-state index in [1.54, 1.807) is 0 Å². The molecule has 1 atom stereocenters. The van der Waals surface area contributed by atoms with Crippen LogP contribution < -0.4 is 5.19 Å². The van der Waals surface area contributed by atoms with Crippen LogP contribution in [-0.2, 0) is 18.8 Å². The maximum Gasteiger partial charge on any atom is 0.489 e. The van der Waals surface area contributed by atoms with E-state index in [1.165, 1.54) is 12.1 Å². The molecule has 29 heavy (non-hydrogen) atoms. The molecule has 1 fully saturated rings. The molecule has 0 radical (unpaired) electrons. The number of benzene rings is 1. The lowest BCUT2D eigenvalue weighted by atomic mass is 9.70. The van der Waals surface area contributed by atoms with Gasteiger partial charge in [-0.1, -0.05) is 62.5 Å². The van der Waals surface area contributed by atoms with Crippen molar-refractivity contribution in [1.82, 2.24) is 0 Å². The van der Waals surface area contributed by atoms with Crippen LogP contribution in [-0.4, -0.2) is 39.0 Å². The minimum Gasteiger partial charge on any atom is -0.465 e. The molecule has 1 aromatic carbocycles. The Balaban J connectivity index is 2.47. The molecule has 0 N–H and O–H groups in total. The number of hydrogen-bond acceptors (Lipinski definition) is 4. The van der Waals surface area contributed by atoms with Crippen molar-refractivity contribution in [2.75, 3.05) is 6.61 Å². The van der Waals surface area contributed by atoms with Crippen molar-refractivity contribution < 1.29 is 18.8 Å². The van der Waals surface area contributed by atoms with Gasteiger partial charge in [0.25, 0.3) is 0 Å². The molecule has 0 saturated carbocycles. The Kier molecular flexibility index (Phi) is 6.63. The van der Waals surface area contributed by atoms with E-state index in [2.05, 4.69) is 85.5 Å². The van der Waals surface area contributed by atoms with Gasteiger partial charge in [0.15, 0.2) is 0 Å². The Labute approximate surface area is 178 Å². The molecule has 0 unspecified atom stereocenters. The van der Waals surface area contributed by atoms with Crippen LogP contribution in [0.1, 0.15) is 48.5 Å². The molecule has 1 aromatic rings. The average molecular weight is 416 g/mol. The third-order valence-corrected chi connectivity index (χ3v) is 11.0. The van der Waals surface area contributed by atoms with Gasteiger partial charge in [0.1, 0.15) is 0 Å². The van der Waals surface area contributed by atoms with Crippen LogP contribution in [0.25, 0.3) is 0 Å². The fourth-order valence-corrected chi connectivity index (χ4v) is 8.96. The highest BCUT2D eigenvalue weighted by molar-refractivity contribution is 6.92. The second-order valence-corrected chi connectivity index (χ2v) is 15.1. The van der Waals surface area contributed by atoms with Gasteiger partial charge in [-0.3, -0.25) is 4.79 Å². The second kappa shape index (κ2) is 8.05. The summed E-state index contributed by atoms with van der Waals surface area (Å²) in [4.78, 5) is 11.5. The van der Waals surface area contributed by atoms with Crippen molar-refractivity contribution in [3.8, 4) is 0 Å². The van der Waals surface area contributed by atoms with E-state index in [-0.39, 0.29) is 16.9 Å². The first-order valence-electron chi connectivity index (χ1n) is 10.3. The highest BCUT2D eigenvalue weighted by atomic mass is 28.3. The fourth-order valence-electron chi connectivity index (χ4n) is 4.48. The zero-order valence-electron chi connectivity index (χ0n) is 19.6. The number of carbonyl (C=O) groups excluding carboxylic acids is 1. The third kappa shape index (κ3) is 4.86. The average Bonchev–Trinajstić information content (AvgIpc) is 2.81. The van der Waals surface area contributed by atoms with Gasteiger partial charge >= 0.3 is 13.1 Å². The maximum atomic E-state index is 11.5. The summed E-state index contributed by atoms with van der Waals surface area (Å²) < 4.78 is 18.2. The van der Waals surface area contributed by atoms with Crippen LogP contribution in [0.15, 0.2) is 42.4 Å². The standard InChI is InChI=1S/C23H37BO4Si/c1-17(24-27-22(5,6)23(7,8)28-24)20(21(3,4)16-26-18(2)25)29(9,10)19-14-12-11-13-15-19/h11-15,20H,1,16H2,2-10H3/t20-/m1/s1. The highest BCUT2D eigenvalue weighted by Gasteiger charge is 2.56. The maximum absolute atomic E-state index is 11.5. The molecular weight excluding hydrogens is 379 g/mol. The van der Waals surface area contributed by atoms with Crippen molar-refractivity contribution >= 4 is 26.3 Å². The zero-order valence-corrected chi connectivity index (χ0v) is 20.6. The number of rotatable bonds is 7. The van der Waals surface area contributed by atoms with E-state index in [1.807, 2.05) is 6.07 Å². The summed E-state index contributed by atoms with van der Waals surface area (Å²) in [5.41, 5.74) is -0.168. The van der Waals surface area contributed by atoms with Crippen LogP contribution in [0.4, 0.5) is 0 Å². The molecule has 1 heterocycles. The number of carbonyl (C=O) groups is 1. The normalized spacial score (nSPS) is 19.7. The third-order valence-electron chi connectivity index (χ3n) is 6.60. The lowest BCUT2D eigenvalue weighted by molar-refractivity contribution is -0.143. The molecular formula is C23H37BO4Si. The van der Waals surface area contributed by atoms with Crippen molar-refractivity contribution in [2.24, 2.45) is 5.41 Å².